The number of nitrogens with one attached hydrogen (secondary N) is 13. The fourth-order valence-corrected chi connectivity index (χ4v) is 11.4. The molecule has 36 nitrogen and oxygen atoms in total. The molecule has 15 atom stereocenters. The van der Waals surface area contributed by atoms with Gasteiger partial charge in [0.25, 0.3) is 0 Å². The van der Waals surface area contributed by atoms with Crippen LogP contribution in [-0.4, -0.2) is 228 Å². The molecule has 1 unspecified atom stereocenters. The number of unbranched alkanes of at least 4 members (excludes halogenated alkanes) is 3. The van der Waals surface area contributed by atoms with E-state index in [-0.39, 0.29) is 70.4 Å². The second-order valence-corrected chi connectivity index (χ2v) is 26.6. The molecular formula is C67H118N18O18. The molecule has 2 aliphatic rings. The fraction of sp³-hybridized carbons (Fsp3) is 0.761. The zero-order chi connectivity index (χ0) is 77.5. The van der Waals surface area contributed by atoms with Crippen molar-refractivity contribution in [2.24, 2.45) is 40.7 Å². The first-order chi connectivity index (χ1) is 48.9. The van der Waals surface area contributed by atoms with Crippen molar-refractivity contribution in [1.82, 2.24) is 74.0 Å². The summed E-state index contributed by atoms with van der Waals surface area (Å²) in [5.74, 6) is -15.5. The van der Waals surface area contributed by atoms with Crippen LogP contribution in [0.2, 0.25) is 0 Å². The third kappa shape index (κ3) is 31.9. The van der Waals surface area contributed by atoms with Gasteiger partial charge >= 0.3 is 0 Å². The molecule has 0 aliphatic carbocycles. The lowest BCUT2D eigenvalue weighted by Gasteiger charge is -2.31. The highest BCUT2D eigenvalue weighted by atomic mass is 16.3. The van der Waals surface area contributed by atoms with E-state index in [4.69, 9.17) is 22.9 Å². The summed E-state index contributed by atoms with van der Waals surface area (Å²) >= 11 is 0. The highest BCUT2D eigenvalue weighted by Gasteiger charge is 2.40. The van der Waals surface area contributed by atoms with Crippen LogP contribution in [0.15, 0.2) is 0 Å². The van der Waals surface area contributed by atoms with Gasteiger partial charge in [-0.15, -0.1) is 0 Å². The van der Waals surface area contributed by atoms with Gasteiger partial charge in [-0.2, -0.15) is 0 Å². The van der Waals surface area contributed by atoms with Crippen LogP contribution in [-0.2, 0) is 76.7 Å². The van der Waals surface area contributed by atoms with Crippen molar-refractivity contribution in [3.05, 3.63) is 0 Å². The van der Waals surface area contributed by atoms with Gasteiger partial charge in [0.05, 0.1) is 19.8 Å². The molecule has 0 spiro atoms. The molecule has 0 radical (unpaired) electrons. The second-order valence-electron chi connectivity index (χ2n) is 26.6. The molecule has 0 aromatic rings. The molecule has 0 aromatic heterocycles. The van der Waals surface area contributed by atoms with Gasteiger partial charge in [-0.3, -0.25) is 76.7 Å². The first-order valence-electron chi connectivity index (χ1n) is 36.2. The van der Waals surface area contributed by atoms with Crippen LogP contribution in [0.5, 0.6) is 0 Å². The minimum atomic E-state index is -1.91. The third-order valence-electron chi connectivity index (χ3n) is 18.6. The normalized spacial score (nSPS) is 21.0. The molecular weight excluding hydrogens is 1340 g/mol. The van der Waals surface area contributed by atoms with E-state index in [2.05, 4.69) is 69.1 Å². The number of amides is 16. The van der Waals surface area contributed by atoms with Crippen LogP contribution in [0, 0.1) is 17.8 Å². The number of rotatable bonds is 39. The Kier molecular flexibility index (Phi) is 42.4. The molecule has 23 N–H and O–H groups in total. The highest BCUT2D eigenvalue weighted by Crippen LogP contribution is 2.20. The molecule has 36 heteroatoms. The average molecular weight is 1460 g/mol. The summed E-state index contributed by atoms with van der Waals surface area (Å²) in [6, 6.07) is -16.8. The zero-order valence-electron chi connectivity index (χ0n) is 61.1. The van der Waals surface area contributed by atoms with Crippen molar-refractivity contribution in [2.75, 3.05) is 45.9 Å². The van der Waals surface area contributed by atoms with Crippen LogP contribution < -0.4 is 92.1 Å². The Bertz CT molecular complexity index is 2850. The maximum atomic E-state index is 14.4. The van der Waals surface area contributed by atoms with Crippen LogP contribution in [0.1, 0.15) is 190 Å². The molecule has 2 aliphatic heterocycles. The number of aliphatic hydroxyl groups is 2. The zero-order valence-corrected chi connectivity index (χ0v) is 61.1. The van der Waals surface area contributed by atoms with E-state index in [1.807, 2.05) is 6.92 Å². The molecule has 2 fully saturated rings. The SMILES string of the molecule is CCCCC(NC(=O)[C@H](CCCCN)NC(=O)[C@@H]1CCCCNC(=O)CC[C@H](NC(=O)[C@H](CO)NC(=O)[C@H](CCC(N)=O)NC(=O)[C@@H](NC(=O)[C@@H](NC(=O)[C@H](CCCCN)NC(=O)[C@@H]2CCCN2C(C)=O)[C@@H](C)CC)[C@@H](C)CC)C(=O)NCC(=O)N[C@@H]([C@@H](C)CC)C(=O)N[C@@H](CO)C(=O)N1)C(N)=O. The summed E-state index contributed by atoms with van der Waals surface area (Å²) in [7, 11) is 0. The number of carbonyl (C=O) groups excluding carboxylic acids is 16. The van der Waals surface area contributed by atoms with Gasteiger partial charge in [-0.1, -0.05) is 80.6 Å². The van der Waals surface area contributed by atoms with E-state index in [1.54, 1.807) is 41.5 Å². The summed E-state index contributed by atoms with van der Waals surface area (Å²) in [6.07, 6.45) is 3.51. The maximum absolute atomic E-state index is 14.4. The molecule has 2 saturated heterocycles. The summed E-state index contributed by atoms with van der Waals surface area (Å²) in [4.78, 5) is 220. The van der Waals surface area contributed by atoms with Gasteiger partial charge in [0.2, 0.25) is 94.5 Å². The average Bonchev–Trinajstić information content (AvgIpc) is 1.82. The van der Waals surface area contributed by atoms with Gasteiger partial charge in [-0.25, -0.2) is 0 Å². The van der Waals surface area contributed by atoms with Crippen molar-refractivity contribution < 1.29 is 86.9 Å². The first kappa shape index (κ1) is 90.4. The van der Waals surface area contributed by atoms with Crippen molar-refractivity contribution in [1.29, 1.82) is 0 Å². The number of likely N-dealkylation sites (tertiary alicyclic amines) is 1. The maximum Gasteiger partial charge on any atom is 0.245 e. The third-order valence-corrected chi connectivity index (χ3v) is 18.6. The van der Waals surface area contributed by atoms with Gasteiger partial charge < -0.3 is 107 Å². The monoisotopic (exact) mass is 1460 g/mol. The first-order valence-corrected chi connectivity index (χ1v) is 36.2. The lowest BCUT2D eigenvalue weighted by molar-refractivity contribution is -0.139. The van der Waals surface area contributed by atoms with Crippen molar-refractivity contribution >= 4 is 94.5 Å². The summed E-state index contributed by atoms with van der Waals surface area (Å²) in [6.45, 7) is 11.2. The van der Waals surface area contributed by atoms with Gasteiger partial charge in [0.1, 0.15) is 72.5 Å². The van der Waals surface area contributed by atoms with Gasteiger partial charge in [-0.05, 0) is 121 Å². The summed E-state index contributed by atoms with van der Waals surface area (Å²) < 4.78 is 0. The quantitative estimate of drug-likeness (QED) is 0.0256. The predicted octanol–water partition coefficient (Wildman–Crippen LogP) is -5.15. The van der Waals surface area contributed by atoms with E-state index in [0.717, 1.165) is 0 Å². The molecule has 2 heterocycles. The number of hydrogen-bond acceptors (Lipinski definition) is 20. The van der Waals surface area contributed by atoms with Gasteiger partial charge in [0, 0.05) is 32.9 Å². The number of carbonyl (C=O) groups is 16. The molecule has 16 amide bonds. The second kappa shape index (κ2) is 48.3. The Morgan fingerprint density at radius 2 is 1.09 bits per heavy atom. The molecule has 0 aromatic carbocycles. The van der Waals surface area contributed by atoms with Crippen molar-refractivity contribution in [3.8, 4) is 0 Å². The lowest BCUT2D eigenvalue weighted by Crippen LogP contribution is -2.62. The van der Waals surface area contributed by atoms with E-state index in [0.29, 0.717) is 70.9 Å². The standard InChI is InChI=1S/C67H118N18O18/c1-9-13-21-41(56(71)92)74-58(94)42(22-14-17-30-68)75-59(95)43-24-16-19-32-72-51(90)29-27-45(57(93)73-34-52(91)82-53(37(5)10-2)65(101)81-48(36-87)63(99)76-43)77-62(98)47(35-86)80-60(96)46(26-28-50(70)89)79-66(102)54(38(6)11-3)84-67(103)55(39(7)12-4)83-61(97)44(23-15-18-31-69)78-64(100)49-25-20-33-85(49)40(8)88/h37-39,41-49,53-55,86-87H,9-36,68-69H2,1-8H3,(H2,70,89)(H2,71,92)(H,72,90)(H,73,93)(H,74,94)(H,75,95)(H,76,99)(H,77,98)(H,78,100)(H,79,102)(H,80,96)(H,81,101)(H,82,91)(H,83,97)(H,84,103)/t37-,38-,39-,41?,42-,43-,44-,45-,46-,47-,48-,49-,53-,54-,55-/m0/s1. The molecule has 2 rings (SSSR count). The van der Waals surface area contributed by atoms with E-state index in [1.165, 1.54) is 11.8 Å². The van der Waals surface area contributed by atoms with Crippen LogP contribution in [0.25, 0.3) is 0 Å². The Morgan fingerprint density at radius 1 is 0.544 bits per heavy atom. The minimum absolute atomic E-state index is 0.0515. The van der Waals surface area contributed by atoms with Crippen LogP contribution in [0.4, 0.5) is 0 Å². The smallest absolute Gasteiger partial charge is 0.245 e. The highest BCUT2D eigenvalue weighted by molar-refractivity contribution is 6.00. The van der Waals surface area contributed by atoms with E-state index < -0.39 is 224 Å². The van der Waals surface area contributed by atoms with Gasteiger partial charge in [0.15, 0.2) is 0 Å². The van der Waals surface area contributed by atoms with Crippen LogP contribution >= 0.6 is 0 Å². The Morgan fingerprint density at radius 3 is 1.62 bits per heavy atom. The Labute approximate surface area is 602 Å². The van der Waals surface area contributed by atoms with Crippen molar-refractivity contribution in [3.63, 3.8) is 0 Å². The molecule has 0 bridgehead atoms. The predicted molar refractivity (Wildman–Crippen MR) is 376 cm³/mol. The molecule has 0 saturated carbocycles. The molecule has 103 heavy (non-hydrogen) atoms. The van der Waals surface area contributed by atoms with Crippen molar-refractivity contribution in [2.45, 2.75) is 263 Å². The topological polar surface area (TPSA) is 577 Å². The van der Waals surface area contributed by atoms with E-state index >= 15 is 0 Å². The molecule has 584 valence electrons. The number of hydrogen-bond donors (Lipinski definition) is 19. The van der Waals surface area contributed by atoms with E-state index in [9.17, 15) is 86.9 Å². The lowest BCUT2D eigenvalue weighted by atomic mass is 9.94. The van der Waals surface area contributed by atoms with Crippen LogP contribution in [0.3, 0.4) is 0 Å². The largest absolute Gasteiger partial charge is 0.394 e. The summed E-state index contributed by atoms with van der Waals surface area (Å²) in [5.41, 5.74) is 22.5. The number of nitrogens with zero attached hydrogens (tertiary/aromatic N) is 1. The number of primary amides is 2. The minimum Gasteiger partial charge on any atom is -0.394 e. The number of nitrogens with two attached hydrogens (primary N) is 4. The summed E-state index contributed by atoms with van der Waals surface area (Å²) in [5, 5.41) is 54.2. The number of aliphatic hydroxyl groups excluding tert-OH is 2. The Balaban J connectivity index is 2.49. The Hall–Kier alpha value is -8.64. The fourth-order valence-electron chi connectivity index (χ4n) is 11.4.